The number of rotatable bonds is 11. The summed E-state index contributed by atoms with van der Waals surface area (Å²) in [5.74, 6) is -7.08. The molecule has 18 nitrogen and oxygen atoms in total. The van der Waals surface area contributed by atoms with Crippen LogP contribution in [0.15, 0.2) is 53.5 Å². The van der Waals surface area contributed by atoms with Gasteiger partial charge in [0.25, 0.3) is 0 Å². The molecule has 1 aliphatic carbocycles. The van der Waals surface area contributed by atoms with E-state index in [1.165, 1.54) is 14.0 Å². The molecule has 1 heterocycles. The molecule has 1 saturated heterocycles. The average Bonchev–Trinajstić information content (AvgIpc) is 3.47. The lowest BCUT2D eigenvalue weighted by Crippen LogP contribution is -2.57. The number of hydrogen-bond acceptors (Lipinski definition) is 11. The molecule has 20 heteroatoms. The molecule has 0 bridgehead atoms. The predicted molar refractivity (Wildman–Crippen MR) is 205 cm³/mol. The zero-order valence-electron chi connectivity index (χ0n) is 30.1. The fourth-order valence-electron chi connectivity index (χ4n) is 5.89. The molecule has 0 aromatic heterocycles. The van der Waals surface area contributed by atoms with Gasteiger partial charge in [0, 0.05) is 31.0 Å². The number of hydrogen-bond donors (Lipinski definition) is 8. The summed E-state index contributed by atoms with van der Waals surface area (Å²) < 4.78 is 5.64. The number of nitrogens with two attached hydrogens (primary N) is 2. The van der Waals surface area contributed by atoms with Crippen LogP contribution < -0.4 is 32.7 Å². The number of carboxylic acid groups (broad SMARTS) is 2. The van der Waals surface area contributed by atoms with E-state index in [0.29, 0.717) is 0 Å². The molecule has 2 aromatic carbocycles. The highest BCUT2D eigenvalue weighted by atomic mass is 33.1. The number of carbonyl (C=O) groups is 7. The molecular formula is C35H44N8O10S2. The molecule has 0 saturated carbocycles. The topological polar surface area (TPSA) is 285 Å². The van der Waals surface area contributed by atoms with Crippen LogP contribution in [0.25, 0.3) is 11.1 Å². The third-order valence-corrected chi connectivity index (χ3v) is 11.5. The third-order valence-electron chi connectivity index (χ3n) is 9.04. The molecule has 1 fully saturated rings. The van der Waals surface area contributed by atoms with Gasteiger partial charge in [-0.05, 0) is 42.0 Å². The van der Waals surface area contributed by atoms with E-state index in [-0.39, 0.29) is 49.4 Å². The zero-order chi connectivity index (χ0) is 40.2. The normalized spacial score (nSPS) is 21.3. The van der Waals surface area contributed by atoms with Gasteiger partial charge in [-0.15, -0.1) is 0 Å². The summed E-state index contributed by atoms with van der Waals surface area (Å²) in [7, 11) is 3.20. The van der Waals surface area contributed by atoms with Crippen LogP contribution in [0, 0.1) is 0 Å². The summed E-state index contributed by atoms with van der Waals surface area (Å²) in [6.07, 6.45) is -1.44. The summed E-state index contributed by atoms with van der Waals surface area (Å²) in [4.78, 5) is 95.2. The van der Waals surface area contributed by atoms with Crippen LogP contribution >= 0.6 is 21.6 Å². The number of benzene rings is 2. The Hall–Kier alpha value is -5.50. The molecule has 5 atom stereocenters. The fraction of sp³-hybridized carbons (Fsp3) is 0.429. The number of alkyl carbamates (subject to hydrolysis) is 1. The zero-order valence-corrected chi connectivity index (χ0v) is 31.7. The molecule has 55 heavy (non-hydrogen) atoms. The standard InChI is InChI=1S/C35H44N8O10S2/c1-18-29(45)41-27(33(50)51)17-55-54-16-26(31(47)39-25(32(48)49)14-28(44)43(18)2)40-30(46)24(12-7-13-38-34(36)37)42-35(52)53-15-23-21-10-5-3-8-19(21)20-9-4-6-11-22(20)23/h3-6,8-11,18,23-27H,7,12-17H2,1-2H3,(H,39,47)(H,40,46)(H,41,45)(H,42,52)(H,48,49)(H,50,51)(H4,36,37,38)/t18-,24-,25+,26-,27-/m0/s1. The van der Waals surface area contributed by atoms with E-state index in [0.717, 1.165) is 48.7 Å². The Morgan fingerprint density at radius 2 is 1.51 bits per heavy atom. The van der Waals surface area contributed by atoms with Crippen molar-refractivity contribution >= 4 is 69.2 Å². The number of fused-ring (bicyclic) bond motifs is 3. The molecule has 2 aliphatic rings. The number of nitrogens with zero attached hydrogens (tertiary/aromatic N) is 2. The minimum atomic E-state index is -1.75. The number of carbonyl (C=O) groups excluding carboxylic acids is 5. The number of guanidine groups is 1. The van der Waals surface area contributed by atoms with Crippen molar-refractivity contribution in [3.05, 3.63) is 59.7 Å². The smallest absolute Gasteiger partial charge is 0.407 e. The Labute approximate surface area is 324 Å². The second-order valence-electron chi connectivity index (χ2n) is 12.8. The molecule has 0 spiro atoms. The van der Waals surface area contributed by atoms with Gasteiger partial charge in [0.2, 0.25) is 23.6 Å². The lowest BCUT2D eigenvalue weighted by Gasteiger charge is -2.27. The molecule has 5 amide bonds. The van der Waals surface area contributed by atoms with Gasteiger partial charge >= 0.3 is 18.0 Å². The summed E-state index contributed by atoms with van der Waals surface area (Å²) in [6, 6.07) is 8.55. The van der Waals surface area contributed by atoms with E-state index < -0.39 is 78.3 Å². The highest BCUT2D eigenvalue weighted by molar-refractivity contribution is 8.76. The molecule has 296 valence electrons. The van der Waals surface area contributed by atoms with Crippen LogP contribution in [0.4, 0.5) is 4.79 Å². The first-order chi connectivity index (χ1) is 26.2. The molecule has 0 radical (unpaired) electrons. The number of carboxylic acids is 2. The van der Waals surface area contributed by atoms with Gasteiger partial charge in [-0.25, -0.2) is 14.4 Å². The number of nitrogens with one attached hydrogen (secondary N) is 4. The number of ether oxygens (including phenoxy) is 1. The van der Waals surface area contributed by atoms with E-state index in [2.05, 4.69) is 26.3 Å². The van der Waals surface area contributed by atoms with Crippen molar-refractivity contribution in [1.82, 2.24) is 26.2 Å². The second-order valence-corrected chi connectivity index (χ2v) is 15.3. The highest BCUT2D eigenvalue weighted by Crippen LogP contribution is 2.44. The van der Waals surface area contributed by atoms with Crippen molar-refractivity contribution in [3.63, 3.8) is 0 Å². The van der Waals surface area contributed by atoms with Crippen molar-refractivity contribution < 1.29 is 48.5 Å². The number of likely N-dealkylation sites (N-methyl/N-ethyl adjacent to an activating group) is 1. The van der Waals surface area contributed by atoms with E-state index in [9.17, 15) is 43.8 Å². The largest absolute Gasteiger partial charge is 0.480 e. The Bertz CT molecular complexity index is 1760. The van der Waals surface area contributed by atoms with Crippen LogP contribution in [0.3, 0.4) is 0 Å². The van der Waals surface area contributed by atoms with Gasteiger partial charge in [0.05, 0.1) is 6.42 Å². The number of amides is 5. The highest BCUT2D eigenvalue weighted by Gasteiger charge is 2.35. The summed E-state index contributed by atoms with van der Waals surface area (Å²) in [6.45, 7) is 1.41. The molecular weight excluding hydrogens is 757 g/mol. The minimum Gasteiger partial charge on any atom is -0.480 e. The van der Waals surface area contributed by atoms with Crippen molar-refractivity contribution in [1.29, 1.82) is 0 Å². The van der Waals surface area contributed by atoms with E-state index >= 15 is 0 Å². The Kier molecular flexibility index (Phi) is 15.1. The first-order valence-electron chi connectivity index (χ1n) is 17.2. The van der Waals surface area contributed by atoms with Crippen LogP contribution in [0.5, 0.6) is 0 Å². The van der Waals surface area contributed by atoms with Crippen LogP contribution in [0.1, 0.15) is 43.2 Å². The number of aliphatic imine (C=N–C) groups is 1. The van der Waals surface area contributed by atoms with Crippen LogP contribution in [-0.4, -0.2) is 125 Å². The quantitative estimate of drug-likeness (QED) is 0.0653. The van der Waals surface area contributed by atoms with Crippen molar-refractivity contribution in [2.75, 3.05) is 31.7 Å². The molecule has 1 aliphatic heterocycles. The molecule has 2 aromatic rings. The Morgan fingerprint density at radius 1 is 0.927 bits per heavy atom. The Morgan fingerprint density at radius 3 is 2.11 bits per heavy atom. The van der Waals surface area contributed by atoms with Gasteiger partial charge in [0.15, 0.2) is 5.96 Å². The van der Waals surface area contributed by atoms with E-state index in [4.69, 9.17) is 16.2 Å². The van der Waals surface area contributed by atoms with Crippen LogP contribution in [-0.2, 0) is 33.5 Å². The maximum absolute atomic E-state index is 13.8. The van der Waals surface area contributed by atoms with Gasteiger partial charge in [0.1, 0.15) is 36.8 Å². The monoisotopic (exact) mass is 800 g/mol. The minimum absolute atomic E-state index is 0.000196. The first-order valence-corrected chi connectivity index (χ1v) is 19.7. The SMILES string of the molecule is C[C@H]1C(=O)N[C@H](C(=O)O)CSSC[C@H](NC(=O)[C@H](CCCN=C(N)N)NC(=O)OCC2c3ccccc3-c3ccccc32)C(=O)N[C@@H](C(=O)O)CC(=O)N1C. The van der Waals surface area contributed by atoms with E-state index in [1.54, 1.807) is 0 Å². The first kappa shape index (κ1) is 42.2. The lowest BCUT2D eigenvalue weighted by atomic mass is 9.98. The van der Waals surface area contributed by atoms with E-state index in [1.807, 2.05) is 48.5 Å². The maximum atomic E-state index is 13.8. The van der Waals surface area contributed by atoms with Crippen molar-refractivity contribution in [3.8, 4) is 11.1 Å². The average molecular weight is 801 g/mol. The number of aliphatic carboxylic acids is 2. The fourth-order valence-corrected chi connectivity index (χ4v) is 8.21. The van der Waals surface area contributed by atoms with Gasteiger partial charge in [-0.1, -0.05) is 70.1 Å². The molecule has 4 rings (SSSR count). The summed E-state index contributed by atoms with van der Waals surface area (Å²) in [5.41, 5.74) is 14.9. The second kappa shape index (κ2) is 19.7. The predicted octanol–water partition coefficient (Wildman–Crippen LogP) is 0.203. The van der Waals surface area contributed by atoms with Crippen LogP contribution in [0.2, 0.25) is 0 Å². The summed E-state index contributed by atoms with van der Waals surface area (Å²) in [5, 5.41) is 29.3. The Balaban J connectivity index is 1.52. The van der Waals surface area contributed by atoms with Gasteiger partial charge in [-0.2, -0.15) is 0 Å². The maximum Gasteiger partial charge on any atom is 0.407 e. The molecule has 0 unspecified atom stereocenters. The van der Waals surface area contributed by atoms with Gasteiger partial charge in [-0.3, -0.25) is 24.2 Å². The van der Waals surface area contributed by atoms with Crippen molar-refractivity contribution in [2.24, 2.45) is 16.5 Å². The third kappa shape index (κ3) is 11.5. The van der Waals surface area contributed by atoms with Crippen molar-refractivity contribution in [2.45, 2.75) is 62.3 Å². The summed E-state index contributed by atoms with van der Waals surface area (Å²) >= 11 is 0. The van der Waals surface area contributed by atoms with Gasteiger partial charge < -0.3 is 52.6 Å². The lowest BCUT2D eigenvalue weighted by molar-refractivity contribution is -0.147. The molecule has 10 N–H and O–H groups in total.